The van der Waals surface area contributed by atoms with E-state index in [1.807, 2.05) is 11.6 Å². The zero-order valence-electron chi connectivity index (χ0n) is 14.4. The van der Waals surface area contributed by atoms with Crippen LogP contribution in [0.4, 0.5) is 0 Å². The van der Waals surface area contributed by atoms with Crippen molar-refractivity contribution in [3.05, 3.63) is 42.0 Å². The summed E-state index contributed by atoms with van der Waals surface area (Å²) in [6.07, 6.45) is 3.89. The number of aromatic nitrogens is 3. The second-order valence-electron chi connectivity index (χ2n) is 6.62. The molecular weight excluding hydrogens is 318 g/mol. The molecule has 132 valence electrons. The zero-order valence-corrected chi connectivity index (χ0v) is 14.4. The van der Waals surface area contributed by atoms with Crippen molar-refractivity contribution in [1.82, 2.24) is 19.7 Å². The highest BCUT2D eigenvalue weighted by Gasteiger charge is 2.34. The Morgan fingerprint density at radius 2 is 2.16 bits per heavy atom. The van der Waals surface area contributed by atoms with Crippen molar-refractivity contribution in [1.29, 1.82) is 5.26 Å². The van der Waals surface area contributed by atoms with E-state index in [-0.39, 0.29) is 0 Å². The zero-order chi connectivity index (χ0) is 17.7. The number of hydrogen-bond acceptors (Lipinski definition) is 6. The molecular formula is C18H23N5O2. The number of rotatable bonds is 6. The number of aryl methyl sites for hydroxylation is 1. The number of likely N-dealkylation sites (tertiary alicyclic amines) is 1. The van der Waals surface area contributed by atoms with Crippen molar-refractivity contribution < 1.29 is 9.84 Å². The van der Waals surface area contributed by atoms with Gasteiger partial charge in [0.2, 0.25) is 0 Å². The van der Waals surface area contributed by atoms with Crippen molar-refractivity contribution in [2.24, 2.45) is 7.05 Å². The standard InChI is InChI=1S/C18H23N5O2/c1-22-14-20-21-17(22)11-18(24)7-2-8-23(13-18)9-10-25-16-5-3-15(12-19)4-6-16/h3-6,14,24H,2,7-11,13H2,1H3. The number of β-amino-alcohol motifs (C(OH)–C–C–N with tert-alkyl or cyclic N) is 1. The Balaban J connectivity index is 1.49. The van der Waals surface area contributed by atoms with Crippen LogP contribution in [0.25, 0.3) is 0 Å². The van der Waals surface area contributed by atoms with E-state index in [0.717, 1.165) is 37.5 Å². The second kappa shape index (κ2) is 7.64. The van der Waals surface area contributed by atoms with Crippen LogP contribution >= 0.6 is 0 Å². The van der Waals surface area contributed by atoms with Gasteiger partial charge in [0, 0.05) is 26.6 Å². The summed E-state index contributed by atoms with van der Waals surface area (Å²) < 4.78 is 7.59. The van der Waals surface area contributed by atoms with Gasteiger partial charge in [0.15, 0.2) is 0 Å². The first-order valence-corrected chi connectivity index (χ1v) is 8.49. The summed E-state index contributed by atoms with van der Waals surface area (Å²) in [4.78, 5) is 2.23. The first kappa shape index (κ1) is 17.4. The van der Waals surface area contributed by atoms with Gasteiger partial charge in [-0.25, -0.2) is 0 Å². The number of benzene rings is 1. The molecule has 0 bridgehead atoms. The molecule has 7 nitrogen and oxygen atoms in total. The summed E-state index contributed by atoms with van der Waals surface area (Å²) in [5.41, 5.74) is -0.148. The van der Waals surface area contributed by atoms with E-state index in [4.69, 9.17) is 10.00 Å². The number of ether oxygens (including phenoxy) is 1. The third-order valence-corrected chi connectivity index (χ3v) is 4.59. The van der Waals surface area contributed by atoms with Gasteiger partial charge in [0.25, 0.3) is 0 Å². The van der Waals surface area contributed by atoms with Gasteiger partial charge >= 0.3 is 0 Å². The first-order chi connectivity index (χ1) is 12.1. The molecule has 1 unspecified atom stereocenters. The summed E-state index contributed by atoms with van der Waals surface area (Å²) in [5, 5.41) is 27.7. The van der Waals surface area contributed by atoms with Crippen molar-refractivity contribution in [3.63, 3.8) is 0 Å². The topological polar surface area (TPSA) is 87.2 Å². The van der Waals surface area contributed by atoms with Crippen LogP contribution < -0.4 is 4.74 Å². The van der Waals surface area contributed by atoms with Crippen LogP contribution in [0.5, 0.6) is 5.75 Å². The smallest absolute Gasteiger partial charge is 0.135 e. The highest BCUT2D eigenvalue weighted by Crippen LogP contribution is 2.24. The number of piperidine rings is 1. The second-order valence-corrected chi connectivity index (χ2v) is 6.62. The SMILES string of the molecule is Cn1cnnc1CC1(O)CCCN(CCOc2ccc(C#N)cc2)C1. The molecule has 3 rings (SSSR count). The van der Waals surface area contributed by atoms with Gasteiger partial charge in [-0.1, -0.05) is 0 Å². The fourth-order valence-corrected chi connectivity index (χ4v) is 3.22. The van der Waals surface area contributed by atoms with Gasteiger partial charge in [-0.05, 0) is 43.7 Å². The Morgan fingerprint density at radius 3 is 2.84 bits per heavy atom. The van der Waals surface area contributed by atoms with Gasteiger partial charge in [0.05, 0.1) is 17.2 Å². The van der Waals surface area contributed by atoms with Crippen LogP contribution in [0.1, 0.15) is 24.2 Å². The molecule has 25 heavy (non-hydrogen) atoms. The Hall–Kier alpha value is -2.43. The molecule has 1 aliphatic rings. The Bertz CT molecular complexity index is 737. The van der Waals surface area contributed by atoms with Crippen molar-refractivity contribution >= 4 is 0 Å². The molecule has 0 spiro atoms. The van der Waals surface area contributed by atoms with Gasteiger partial charge in [-0.2, -0.15) is 5.26 Å². The average molecular weight is 341 g/mol. The Labute approximate surface area is 147 Å². The van der Waals surface area contributed by atoms with Crippen LogP contribution in [-0.4, -0.2) is 56.6 Å². The van der Waals surface area contributed by atoms with Gasteiger partial charge in [-0.15, -0.1) is 10.2 Å². The Kier molecular flexibility index (Phi) is 5.31. The maximum Gasteiger partial charge on any atom is 0.135 e. The van der Waals surface area contributed by atoms with E-state index in [1.165, 1.54) is 0 Å². The normalized spacial score (nSPS) is 21.0. The fraction of sp³-hybridized carbons (Fsp3) is 0.500. The number of nitriles is 1. The lowest BCUT2D eigenvalue weighted by Gasteiger charge is -2.38. The lowest BCUT2D eigenvalue weighted by Crippen LogP contribution is -2.50. The predicted octanol–water partition coefficient (Wildman–Crippen LogP) is 1.14. The van der Waals surface area contributed by atoms with Crippen molar-refractivity contribution in [3.8, 4) is 11.8 Å². The summed E-state index contributed by atoms with van der Waals surface area (Å²) in [7, 11) is 1.89. The summed E-state index contributed by atoms with van der Waals surface area (Å²) >= 11 is 0. The molecule has 7 heteroatoms. The molecule has 2 aromatic rings. The lowest BCUT2D eigenvalue weighted by molar-refractivity contribution is -0.0344. The monoisotopic (exact) mass is 341 g/mol. The van der Waals surface area contributed by atoms with Crippen LogP contribution in [0.15, 0.2) is 30.6 Å². The van der Waals surface area contributed by atoms with E-state index < -0.39 is 5.60 Å². The minimum Gasteiger partial charge on any atom is -0.492 e. The Morgan fingerprint density at radius 1 is 1.36 bits per heavy atom. The van der Waals surface area contributed by atoms with E-state index >= 15 is 0 Å². The first-order valence-electron chi connectivity index (χ1n) is 8.49. The van der Waals surface area contributed by atoms with E-state index in [1.54, 1.807) is 30.6 Å². The van der Waals surface area contributed by atoms with Gasteiger partial charge < -0.3 is 14.4 Å². The maximum atomic E-state index is 10.9. The summed E-state index contributed by atoms with van der Waals surface area (Å²) in [6.45, 7) is 2.86. The molecule has 1 aromatic carbocycles. The molecule has 1 saturated heterocycles. The predicted molar refractivity (Wildman–Crippen MR) is 92.0 cm³/mol. The van der Waals surface area contributed by atoms with Crippen LogP contribution in [0, 0.1) is 11.3 Å². The molecule has 0 aliphatic carbocycles. The fourth-order valence-electron chi connectivity index (χ4n) is 3.22. The van der Waals surface area contributed by atoms with Crippen LogP contribution in [0.3, 0.4) is 0 Å². The number of aliphatic hydroxyl groups is 1. The number of nitrogens with zero attached hydrogens (tertiary/aromatic N) is 5. The average Bonchev–Trinajstić information content (AvgIpc) is 3.00. The van der Waals surface area contributed by atoms with Crippen LogP contribution in [0.2, 0.25) is 0 Å². The molecule has 1 atom stereocenters. The lowest BCUT2D eigenvalue weighted by atomic mass is 9.89. The van der Waals surface area contributed by atoms with Gasteiger partial charge in [-0.3, -0.25) is 4.90 Å². The molecule has 1 fully saturated rings. The van der Waals surface area contributed by atoms with Gasteiger partial charge in [0.1, 0.15) is 24.5 Å². The quantitative estimate of drug-likeness (QED) is 0.848. The largest absolute Gasteiger partial charge is 0.492 e. The highest BCUT2D eigenvalue weighted by atomic mass is 16.5. The minimum atomic E-state index is -0.770. The maximum absolute atomic E-state index is 10.9. The van der Waals surface area contributed by atoms with Crippen molar-refractivity contribution in [2.45, 2.75) is 24.9 Å². The molecule has 1 aromatic heterocycles. The molecule has 0 amide bonds. The molecule has 1 aliphatic heterocycles. The van der Waals surface area contributed by atoms with E-state index in [9.17, 15) is 5.11 Å². The third kappa shape index (κ3) is 4.56. The molecule has 0 radical (unpaired) electrons. The minimum absolute atomic E-state index is 0.510. The third-order valence-electron chi connectivity index (χ3n) is 4.59. The summed E-state index contributed by atoms with van der Waals surface area (Å²) in [5.74, 6) is 1.56. The molecule has 1 N–H and O–H groups in total. The summed E-state index contributed by atoms with van der Waals surface area (Å²) in [6, 6.07) is 9.19. The van der Waals surface area contributed by atoms with E-state index in [2.05, 4.69) is 21.2 Å². The van der Waals surface area contributed by atoms with Crippen molar-refractivity contribution in [2.75, 3.05) is 26.2 Å². The van der Waals surface area contributed by atoms with Crippen LogP contribution in [-0.2, 0) is 13.5 Å². The number of hydrogen-bond donors (Lipinski definition) is 1. The highest BCUT2D eigenvalue weighted by molar-refractivity contribution is 5.34. The molecule has 0 saturated carbocycles. The van der Waals surface area contributed by atoms with E-state index in [0.29, 0.717) is 25.1 Å². The molecule has 2 heterocycles.